The van der Waals surface area contributed by atoms with Crippen LogP contribution in [0.5, 0.6) is 0 Å². The summed E-state index contributed by atoms with van der Waals surface area (Å²) in [6, 6.07) is 3.52. The van der Waals surface area contributed by atoms with Crippen LogP contribution in [-0.4, -0.2) is 15.9 Å². The summed E-state index contributed by atoms with van der Waals surface area (Å²) in [4.78, 5) is 19.6. The Labute approximate surface area is 104 Å². The van der Waals surface area contributed by atoms with E-state index >= 15 is 0 Å². The molecule has 0 atom stereocenters. The molecule has 2 heterocycles. The van der Waals surface area contributed by atoms with Gasteiger partial charge < -0.3 is 5.32 Å². The fourth-order valence-corrected chi connectivity index (χ4v) is 1.45. The molecule has 0 unspecified atom stereocenters. The number of rotatable bonds is 2. The van der Waals surface area contributed by atoms with Crippen LogP contribution < -0.4 is 5.32 Å². The molecule has 5 heteroatoms. The van der Waals surface area contributed by atoms with Gasteiger partial charge in [0.1, 0.15) is 11.6 Å². The van der Waals surface area contributed by atoms with Crippen LogP contribution in [0.1, 0.15) is 21.5 Å². The number of anilines is 1. The number of halogens is 1. The summed E-state index contributed by atoms with van der Waals surface area (Å²) in [5.41, 5.74) is 1.48. The normalized spacial score (nSPS) is 10.2. The molecule has 18 heavy (non-hydrogen) atoms. The van der Waals surface area contributed by atoms with Crippen molar-refractivity contribution in [3.63, 3.8) is 0 Å². The molecule has 0 saturated carbocycles. The molecule has 4 nitrogen and oxygen atoms in total. The van der Waals surface area contributed by atoms with Crippen LogP contribution in [0.2, 0.25) is 0 Å². The zero-order valence-corrected chi connectivity index (χ0v) is 10.1. The predicted octanol–water partition coefficient (Wildman–Crippen LogP) is 2.48. The first-order valence-corrected chi connectivity index (χ1v) is 5.42. The molecule has 0 saturated heterocycles. The van der Waals surface area contributed by atoms with E-state index in [0.29, 0.717) is 5.82 Å². The molecule has 1 N–H and O–H groups in total. The van der Waals surface area contributed by atoms with E-state index < -0.39 is 11.7 Å². The maximum absolute atomic E-state index is 13.3. The van der Waals surface area contributed by atoms with E-state index in [0.717, 1.165) is 11.8 Å². The number of hydrogen-bond acceptors (Lipinski definition) is 3. The van der Waals surface area contributed by atoms with Crippen molar-refractivity contribution in [2.75, 3.05) is 5.32 Å². The molecule has 0 aliphatic carbocycles. The van der Waals surface area contributed by atoms with Gasteiger partial charge >= 0.3 is 0 Å². The number of carbonyl (C=O) groups excluding carboxylic acids is 1. The minimum atomic E-state index is -0.500. The van der Waals surface area contributed by atoms with Crippen molar-refractivity contribution < 1.29 is 9.18 Å². The fraction of sp³-hybridized carbons (Fsp3) is 0.154. The highest BCUT2D eigenvalue weighted by Gasteiger charge is 2.12. The van der Waals surface area contributed by atoms with Gasteiger partial charge in [0.05, 0.1) is 11.8 Å². The van der Waals surface area contributed by atoms with E-state index in [1.807, 2.05) is 13.0 Å². The lowest BCUT2D eigenvalue weighted by Crippen LogP contribution is -2.15. The van der Waals surface area contributed by atoms with Gasteiger partial charge in [0.25, 0.3) is 5.91 Å². The van der Waals surface area contributed by atoms with Crippen molar-refractivity contribution in [3.05, 3.63) is 53.2 Å². The van der Waals surface area contributed by atoms with Gasteiger partial charge in [0.15, 0.2) is 0 Å². The highest BCUT2D eigenvalue weighted by molar-refractivity contribution is 6.04. The second-order valence-corrected chi connectivity index (χ2v) is 3.97. The van der Waals surface area contributed by atoms with E-state index in [1.165, 1.54) is 13.1 Å². The van der Waals surface area contributed by atoms with Crippen LogP contribution in [0.25, 0.3) is 0 Å². The minimum absolute atomic E-state index is 0.206. The molecular weight excluding hydrogens is 233 g/mol. The molecular formula is C13H12FN3O. The van der Waals surface area contributed by atoms with Gasteiger partial charge in [0.2, 0.25) is 0 Å². The molecule has 92 valence electrons. The van der Waals surface area contributed by atoms with E-state index in [2.05, 4.69) is 15.3 Å². The topological polar surface area (TPSA) is 54.9 Å². The molecule has 0 fully saturated rings. The Morgan fingerprint density at radius 2 is 2.00 bits per heavy atom. The highest BCUT2D eigenvalue weighted by Crippen LogP contribution is 2.12. The molecule has 0 aliphatic heterocycles. The Morgan fingerprint density at radius 1 is 1.22 bits per heavy atom. The van der Waals surface area contributed by atoms with Crippen LogP contribution >= 0.6 is 0 Å². The summed E-state index contributed by atoms with van der Waals surface area (Å²) in [6.07, 6.45) is 4.06. The van der Waals surface area contributed by atoms with Gasteiger partial charge in [-0.2, -0.15) is 0 Å². The minimum Gasteiger partial charge on any atom is -0.307 e. The number of carbonyl (C=O) groups is 1. The second kappa shape index (κ2) is 4.91. The standard InChI is InChI=1S/C13H12FN3O/c1-8-3-4-12(16-5-8)17-13(18)10-6-15-7-11(14)9(10)2/h3-7H,1-2H3,(H,16,17,18). The molecule has 0 radical (unpaired) electrons. The van der Waals surface area contributed by atoms with Crippen LogP contribution in [0.4, 0.5) is 10.2 Å². The van der Waals surface area contributed by atoms with Gasteiger partial charge in [-0.3, -0.25) is 9.78 Å². The number of nitrogens with zero attached hydrogens (tertiary/aromatic N) is 2. The average Bonchev–Trinajstić information content (AvgIpc) is 2.35. The third-order valence-electron chi connectivity index (χ3n) is 2.55. The first-order valence-electron chi connectivity index (χ1n) is 5.42. The van der Waals surface area contributed by atoms with Crippen molar-refractivity contribution in [1.82, 2.24) is 9.97 Å². The monoisotopic (exact) mass is 245 g/mol. The van der Waals surface area contributed by atoms with Crippen molar-refractivity contribution >= 4 is 11.7 Å². The lowest BCUT2D eigenvalue weighted by Gasteiger charge is -2.07. The Balaban J connectivity index is 2.22. The molecule has 0 spiro atoms. The number of aromatic nitrogens is 2. The zero-order chi connectivity index (χ0) is 13.1. The Kier molecular flexibility index (Phi) is 3.32. The van der Waals surface area contributed by atoms with Crippen molar-refractivity contribution in [2.45, 2.75) is 13.8 Å². The molecule has 0 aliphatic rings. The lowest BCUT2D eigenvalue weighted by atomic mass is 10.1. The number of nitrogens with one attached hydrogen (secondary N) is 1. The van der Waals surface area contributed by atoms with E-state index in [4.69, 9.17) is 0 Å². The Morgan fingerprint density at radius 3 is 2.67 bits per heavy atom. The van der Waals surface area contributed by atoms with E-state index in [9.17, 15) is 9.18 Å². The second-order valence-electron chi connectivity index (χ2n) is 3.97. The van der Waals surface area contributed by atoms with Crippen LogP contribution in [0.15, 0.2) is 30.7 Å². The molecule has 1 amide bonds. The maximum Gasteiger partial charge on any atom is 0.258 e. The highest BCUT2D eigenvalue weighted by atomic mass is 19.1. The summed E-state index contributed by atoms with van der Waals surface area (Å²) in [7, 11) is 0. The fourth-order valence-electron chi connectivity index (χ4n) is 1.45. The Hall–Kier alpha value is -2.30. The largest absolute Gasteiger partial charge is 0.307 e. The summed E-state index contributed by atoms with van der Waals surface area (Å²) in [6.45, 7) is 3.44. The third kappa shape index (κ3) is 2.51. The lowest BCUT2D eigenvalue weighted by molar-refractivity contribution is 0.102. The number of hydrogen-bond donors (Lipinski definition) is 1. The van der Waals surface area contributed by atoms with E-state index in [-0.39, 0.29) is 11.1 Å². The first-order chi connectivity index (χ1) is 8.58. The van der Waals surface area contributed by atoms with Gasteiger partial charge in [0, 0.05) is 18.0 Å². The summed E-state index contributed by atoms with van der Waals surface area (Å²) < 4.78 is 13.3. The van der Waals surface area contributed by atoms with Gasteiger partial charge in [-0.15, -0.1) is 0 Å². The number of amides is 1. The smallest absolute Gasteiger partial charge is 0.258 e. The quantitative estimate of drug-likeness (QED) is 0.884. The van der Waals surface area contributed by atoms with Gasteiger partial charge in [-0.1, -0.05) is 6.07 Å². The third-order valence-corrected chi connectivity index (χ3v) is 2.55. The average molecular weight is 245 g/mol. The molecule has 0 bridgehead atoms. The SMILES string of the molecule is Cc1ccc(NC(=O)c2cncc(F)c2C)nc1. The van der Waals surface area contributed by atoms with Gasteiger partial charge in [-0.25, -0.2) is 9.37 Å². The van der Waals surface area contributed by atoms with E-state index in [1.54, 1.807) is 12.3 Å². The zero-order valence-electron chi connectivity index (χ0n) is 10.1. The van der Waals surface area contributed by atoms with Gasteiger partial charge in [-0.05, 0) is 25.5 Å². The number of pyridine rings is 2. The number of aryl methyl sites for hydroxylation is 1. The maximum atomic E-state index is 13.3. The summed E-state index contributed by atoms with van der Waals surface area (Å²) in [5, 5.41) is 2.60. The molecule has 2 aromatic rings. The van der Waals surface area contributed by atoms with Crippen molar-refractivity contribution in [2.24, 2.45) is 0 Å². The summed E-state index contributed by atoms with van der Waals surface area (Å²) in [5.74, 6) is -0.496. The molecule has 2 aromatic heterocycles. The Bertz CT molecular complexity index is 581. The predicted molar refractivity (Wildman–Crippen MR) is 65.9 cm³/mol. The first kappa shape index (κ1) is 12.2. The van der Waals surface area contributed by atoms with Crippen molar-refractivity contribution in [3.8, 4) is 0 Å². The van der Waals surface area contributed by atoms with Crippen LogP contribution in [-0.2, 0) is 0 Å². The van der Waals surface area contributed by atoms with Crippen LogP contribution in [0, 0.1) is 19.7 Å². The van der Waals surface area contributed by atoms with Crippen LogP contribution in [0.3, 0.4) is 0 Å². The molecule has 2 rings (SSSR count). The molecule has 0 aromatic carbocycles. The van der Waals surface area contributed by atoms with Crippen molar-refractivity contribution in [1.29, 1.82) is 0 Å². The summed E-state index contributed by atoms with van der Waals surface area (Å²) >= 11 is 0.